The molecular formula is C15H25N3O2. The molecule has 1 fully saturated rings. The van der Waals surface area contributed by atoms with Crippen molar-refractivity contribution >= 4 is 5.82 Å². The van der Waals surface area contributed by atoms with Gasteiger partial charge in [-0.05, 0) is 39.0 Å². The monoisotopic (exact) mass is 279 g/mol. The number of ether oxygens (including phenoxy) is 2. The minimum absolute atomic E-state index is 0.575. The van der Waals surface area contributed by atoms with E-state index in [1.54, 1.807) is 0 Å². The first-order chi connectivity index (χ1) is 9.70. The molecule has 0 aromatic carbocycles. The van der Waals surface area contributed by atoms with E-state index in [0.717, 1.165) is 56.2 Å². The summed E-state index contributed by atoms with van der Waals surface area (Å²) in [6.07, 6.45) is 3.22. The number of hydrogen-bond acceptors (Lipinski definition) is 5. The van der Waals surface area contributed by atoms with Crippen molar-refractivity contribution in [1.82, 2.24) is 9.97 Å². The van der Waals surface area contributed by atoms with Gasteiger partial charge in [0.25, 0.3) is 0 Å². The van der Waals surface area contributed by atoms with Crippen molar-refractivity contribution in [3.05, 3.63) is 11.4 Å². The van der Waals surface area contributed by atoms with Crippen LogP contribution in [-0.4, -0.2) is 36.3 Å². The second-order valence-electron chi connectivity index (χ2n) is 5.34. The van der Waals surface area contributed by atoms with E-state index >= 15 is 0 Å². The van der Waals surface area contributed by atoms with Gasteiger partial charge in [-0.3, -0.25) is 0 Å². The fraction of sp³-hybridized carbons (Fsp3) is 0.733. The Morgan fingerprint density at radius 1 is 1.25 bits per heavy atom. The lowest BCUT2D eigenvalue weighted by Gasteiger charge is -2.22. The van der Waals surface area contributed by atoms with Crippen LogP contribution in [0, 0.1) is 19.8 Å². The van der Waals surface area contributed by atoms with E-state index < -0.39 is 0 Å². The zero-order valence-electron chi connectivity index (χ0n) is 12.7. The van der Waals surface area contributed by atoms with E-state index in [0.29, 0.717) is 18.4 Å². The van der Waals surface area contributed by atoms with Gasteiger partial charge in [0.05, 0.1) is 12.2 Å². The lowest BCUT2D eigenvalue weighted by molar-refractivity contribution is 0.0489. The quantitative estimate of drug-likeness (QED) is 0.867. The van der Waals surface area contributed by atoms with Gasteiger partial charge in [0, 0.05) is 19.8 Å². The Labute approximate surface area is 121 Å². The van der Waals surface area contributed by atoms with Gasteiger partial charge in [-0.1, -0.05) is 6.92 Å². The van der Waals surface area contributed by atoms with E-state index in [-0.39, 0.29) is 0 Å². The number of aromatic nitrogens is 2. The molecule has 2 heterocycles. The number of rotatable bonds is 6. The highest BCUT2D eigenvalue weighted by atomic mass is 16.5. The smallest absolute Gasteiger partial charge is 0.221 e. The first kappa shape index (κ1) is 15.0. The molecule has 1 aromatic rings. The molecule has 0 amide bonds. The topological polar surface area (TPSA) is 56.3 Å². The highest BCUT2D eigenvalue weighted by Gasteiger charge is 2.16. The Hall–Kier alpha value is -1.36. The zero-order valence-corrected chi connectivity index (χ0v) is 12.7. The van der Waals surface area contributed by atoms with E-state index in [1.807, 2.05) is 13.8 Å². The second-order valence-corrected chi connectivity index (χ2v) is 5.34. The second kappa shape index (κ2) is 7.43. The molecule has 1 aromatic heterocycles. The Kier molecular flexibility index (Phi) is 5.59. The third kappa shape index (κ3) is 4.07. The van der Waals surface area contributed by atoms with Gasteiger partial charge >= 0.3 is 0 Å². The van der Waals surface area contributed by atoms with Crippen LogP contribution in [0.3, 0.4) is 0 Å². The Bertz CT molecular complexity index is 431. The summed E-state index contributed by atoms with van der Waals surface area (Å²) in [5.41, 5.74) is 0.996. The largest absolute Gasteiger partial charge is 0.477 e. The van der Waals surface area contributed by atoms with E-state index in [9.17, 15) is 0 Å². The van der Waals surface area contributed by atoms with Gasteiger partial charge in [-0.15, -0.1) is 0 Å². The highest BCUT2D eigenvalue weighted by molar-refractivity contribution is 5.48. The van der Waals surface area contributed by atoms with Gasteiger partial charge in [0.2, 0.25) is 5.88 Å². The van der Waals surface area contributed by atoms with Crippen molar-refractivity contribution in [3.8, 4) is 5.88 Å². The number of hydrogen-bond donors (Lipinski definition) is 1. The summed E-state index contributed by atoms with van der Waals surface area (Å²) in [6.45, 7) is 9.37. The zero-order chi connectivity index (χ0) is 14.4. The van der Waals surface area contributed by atoms with Crippen LogP contribution in [0.2, 0.25) is 0 Å². The summed E-state index contributed by atoms with van der Waals surface area (Å²) in [6, 6.07) is 0. The van der Waals surface area contributed by atoms with Crippen molar-refractivity contribution in [2.24, 2.45) is 5.92 Å². The third-order valence-corrected chi connectivity index (χ3v) is 3.55. The molecular weight excluding hydrogens is 254 g/mol. The normalized spacial score (nSPS) is 16.1. The number of nitrogens with zero attached hydrogens (tertiary/aromatic N) is 2. The predicted octanol–water partition coefficient (Wildman–Crippen LogP) is 2.72. The van der Waals surface area contributed by atoms with Crippen molar-refractivity contribution in [2.75, 3.05) is 31.7 Å². The van der Waals surface area contributed by atoms with Crippen LogP contribution in [0.4, 0.5) is 5.82 Å². The Morgan fingerprint density at radius 2 is 2.00 bits per heavy atom. The molecule has 0 unspecified atom stereocenters. The molecule has 2 rings (SSSR count). The summed E-state index contributed by atoms with van der Waals surface area (Å²) < 4.78 is 11.3. The van der Waals surface area contributed by atoms with Crippen LogP contribution in [0.15, 0.2) is 0 Å². The SMILES string of the molecule is CCCNc1nc(C)nc(OCC2CCOCC2)c1C. The Balaban J connectivity index is 2.00. The first-order valence-electron chi connectivity index (χ1n) is 7.50. The Morgan fingerprint density at radius 3 is 2.70 bits per heavy atom. The predicted molar refractivity (Wildman–Crippen MR) is 79.3 cm³/mol. The van der Waals surface area contributed by atoms with Crippen molar-refractivity contribution < 1.29 is 9.47 Å². The molecule has 5 heteroatoms. The summed E-state index contributed by atoms with van der Waals surface area (Å²) in [5, 5.41) is 3.33. The van der Waals surface area contributed by atoms with E-state index in [1.165, 1.54) is 0 Å². The summed E-state index contributed by atoms with van der Waals surface area (Å²) in [5.74, 6) is 2.92. The van der Waals surface area contributed by atoms with Gasteiger partial charge in [0.1, 0.15) is 11.6 Å². The maximum absolute atomic E-state index is 5.93. The molecule has 1 saturated heterocycles. The standard InChI is InChI=1S/C15H25N3O2/c1-4-7-16-14-11(2)15(18-12(3)17-14)20-10-13-5-8-19-9-6-13/h13H,4-10H2,1-3H3,(H,16,17,18). The number of aryl methyl sites for hydroxylation is 1. The maximum Gasteiger partial charge on any atom is 0.221 e. The molecule has 0 spiro atoms. The van der Waals surface area contributed by atoms with Gasteiger partial charge < -0.3 is 14.8 Å². The third-order valence-electron chi connectivity index (χ3n) is 3.55. The minimum Gasteiger partial charge on any atom is -0.477 e. The fourth-order valence-corrected chi connectivity index (χ4v) is 2.27. The minimum atomic E-state index is 0.575. The molecule has 20 heavy (non-hydrogen) atoms. The molecule has 0 atom stereocenters. The molecule has 112 valence electrons. The molecule has 1 N–H and O–H groups in total. The lowest BCUT2D eigenvalue weighted by Crippen LogP contribution is -2.22. The number of nitrogens with one attached hydrogen (secondary N) is 1. The van der Waals surface area contributed by atoms with Gasteiger partial charge in [-0.2, -0.15) is 4.98 Å². The van der Waals surface area contributed by atoms with Crippen LogP contribution in [0.1, 0.15) is 37.6 Å². The molecule has 0 saturated carbocycles. The average molecular weight is 279 g/mol. The fourth-order valence-electron chi connectivity index (χ4n) is 2.27. The summed E-state index contributed by atoms with van der Waals surface area (Å²) >= 11 is 0. The first-order valence-corrected chi connectivity index (χ1v) is 7.50. The van der Waals surface area contributed by atoms with Crippen LogP contribution in [0.5, 0.6) is 5.88 Å². The van der Waals surface area contributed by atoms with Crippen LogP contribution in [-0.2, 0) is 4.74 Å². The van der Waals surface area contributed by atoms with Gasteiger partial charge in [-0.25, -0.2) is 4.98 Å². The van der Waals surface area contributed by atoms with Crippen molar-refractivity contribution in [1.29, 1.82) is 0 Å². The molecule has 1 aliphatic rings. The van der Waals surface area contributed by atoms with Crippen LogP contribution < -0.4 is 10.1 Å². The maximum atomic E-state index is 5.93. The lowest BCUT2D eigenvalue weighted by atomic mass is 10.0. The summed E-state index contributed by atoms with van der Waals surface area (Å²) in [4.78, 5) is 8.86. The van der Waals surface area contributed by atoms with E-state index in [4.69, 9.17) is 9.47 Å². The summed E-state index contributed by atoms with van der Waals surface area (Å²) in [7, 11) is 0. The molecule has 5 nitrogen and oxygen atoms in total. The molecule has 1 aliphatic heterocycles. The molecule has 0 radical (unpaired) electrons. The molecule has 0 aliphatic carbocycles. The van der Waals surface area contributed by atoms with E-state index in [2.05, 4.69) is 22.2 Å². The number of anilines is 1. The van der Waals surface area contributed by atoms with Crippen LogP contribution >= 0.6 is 0 Å². The van der Waals surface area contributed by atoms with Crippen molar-refractivity contribution in [2.45, 2.75) is 40.0 Å². The van der Waals surface area contributed by atoms with Gasteiger partial charge in [0.15, 0.2) is 0 Å². The molecule has 0 bridgehead atoms. The van der Waals surface area contributed by atoms with Crippen LogP contribution in [0.25, 0.3) is 0 Å². The average Bonchev–Trinajstić information content (AvgIpc) is 2.47. The van der Waals surface area contributed by atoms with Crippen molar-refractivity contribution in [3.63, 3.8) is 0 Å². The highest BCUT2D eigenvalue weighted by Crippen LogP contribution is 2.24.